The molecular formula is C18H24N2O4. The van der Waals surface area contributed by atoms with Crippen molar-refractivity contribution in [3.8, 4) is 0 Å². The van der Waals surface area contributed by atoms with Gasteiger partial charge in [-0.15, -0.1) is 0 Å². The summed E-state index contributed by atoms with van der Waals surface area (Å²) in [6.45, 7) is 3.30. The summed E-state index contributed by atoms with van der Waals surface area (Å²) in [5.41, 5.74) is 0.902. The Bertz CT molecular complexity index is 615. The van der Waals surface area contributed by atoms with E-state index in [1.54, 1.807) is 29.2 Å². The third kappa shape index (κ3) is 4.57. The number of rotatable bonds is 7. The number of nitrogens with zero attached hydrogens (tertiary/aromatic N) is 1. The van der Waals surface area contributed by atoms with Crippen molar-refractivity contribution in [3.05, 3.63) is 29.8 Å². The van der Waals surface area contributed by atoms with Gasteiger partial charge in [0.15, 0.2) is 0 Å². The summed E-state index contributed by atoms with van der Waals surface area (Å²) in [5, 5.41) is 2.79. The number of anilines is 1. The van der Waals surface area contributed by atoms with Gasteiger partial charge in [-0.1, -0.05) is 25.8 Å². The molecule has 0 aromatic heterocycles. The van der Waals surface area contributed by atoms with E-state index in [2.05, 4.69) is 17.0 Å². The molecule has 0 bridgehead atoms. The number of hydrogen-bond donors (Lipinski definition) is 1. The van der Waals surface area contributed by atoms with Gasteiger partial charge in [-0.2, -0.15) is 0 Å². The van der Waals surface area contributed by atoms with Crippen LogP contribution in [0.1, 0.15) is 43.0 Å². The molecule has 1 saturated heterocycles. The van der Waals surface area contributed by atoms with Crippen LogP contribution in [0.25, 0.3) is 0 Å². The summed E-state index contributed by atoms with van der Waals surface area (Å²) < 4.78 is 4.67. The number of likely N-dealkylation sites (tertiary alicyclic amines) is 1. The third-order valence-electron chi connectivity index (χ3n) is 4.17. The molecule has 1 N–H and O–H groups in total. The molecule has 1 heterocycles. The van der Waals surface area contributed by atoms with Crippen molar-refractivity contribution in [2.45, 2.75) is 32.6 Å². The molecule has 1 aliphatic rings. The van der Waals surface area contributed by atoms with Crippen molar-refractivity contribution in [2.24, 2.45) is 5.92 Å². The van der Waals surface area contributed by atoms with Gasteiger partial charge in [0.25, 0.3) is 0 Å². The van der Waals surface area contributed by atoms with E-state index in [9.17, 15) is 14.4 Å². The lowest BCUT2D eigenvalue weighted by Crippen LogP contribution is -2.29. The van der Waals surface area contributed by atoms with Crippen molar-refractivity contribution >= 4 is 23.5 Å². The van der Waals surface area contributed by atoms with Crippen molar-refractivity contribution in [1.82, 2.24) is 4.90 Å². The molecule has 2 amide bonds. The molecule has 130 valence electrons. The van der Waals surface area contributed by atoms with Crippen LogP contribution in [0.4, 0.5) is 5.69 Å². The van der Waals surface area contributed by atoms with Crippen LogP contribution in [0.3, 0.4) is 0 Å². The monoisotopic (exact) mass is 332 g/mol. The minimum atomic E-state index is -0.454. The van der Waals surface area contributed by atoms with E-state index in [0.717, 1.165) is 19.3 Å². The molecule has 24 heavy (non-hydrogen) atoms. The number of hydrogen-bond acceptors (Lipinski definition) is 4. The van der Waals surface area contributed by atoms with E-state index < -0.39 is 5.97 Å². The highest BCUT2D eigenvalue weighted by Gasteiger charge is 2.33. The first-order valence-electron chi connectivity index (χ1n) is 8.32. The summed E-state index contributed by atoms with van der Waals surface area (Å²) in [6, 6.07) is 6.58. The zero-order chi connectivity index (χ0) is 17.5. The number of carbonyl (C=O) groups is 3. The topological polar surface area (TPSA) is 75.7 Å². The first-order chi connectivity index (χ1) is 11.5. The molecule has 1 aliphatic heterocycles. The van der Waals surface area contributed by atoms with Crippen LogP contribution in [0.15, 0.2) is 24.3 Å². The minimum absolute atomic E-state index is 0.0366. The normalized spacial score (nSPS) is 17.0. The van der Waals surface area contributed by atoms with Crippen LogP contribution < -0.4 is 5.32 Å². The number of benzene rings is 1. The predicted molar refractivity (Wildman–Crippen MR) is 90.6 cm³/mol. The number of esters is 1. The Morgan fingerprint density at radius 2 is 2.12 bits per heavy atom. The van der Waals surface area contributed by atoms with Gasteiger partial charge in [-0.25, -0.2) is 4.79 Å². The highest BCUT2D eigenvalue weighted by Crippen LogP contribution is 2.21. The molecule has 1 unspecified atom stereocenters. The van der Waals surface area contributed by atoms with Crippen LogP contribution in [-0.4, -0.2) is 42.9 Å². The van der Waals surface area contributed by atoms with E-state index >= 15 is 0 Å². The fourth-order valence-electron chi connectivity index (χ4n) is 2.80. The number of methoxy groups -OCH3 is 1. The smallest absolute Gasteiger partial charge is 0.337 e. The standard InChI is InChI=1S/C18H24N2O4/c1-3-4-5-9-20-12-14(11-16(20)21)17(22)19-15-8-6-7-13(10-15)18(23)24-2/h6-8,10,14H,3-5,9,11-12H2,1-2H3,(H,19,22). The molecule has 0 spiro atoms. The zero-order valence-corrected chi connectivity index (χ0v) is 14.2. The summed E-state index contributed by atoms with van der Waals surface area (Å²) in [6.07, 6.45) is 3.40. The predicted octanol–water partition coefficient (Wildman–Crippen LogP) is 2.45. The maximum Gasteiger partial charge on any atom is 0.337 e. The summed E-state index contributed by atoms with van der Waals surface area (Å²) in [7, 11) is 1.31. The molecule has 0 saturated carbocycles. The Hall–Kier alpha value is -2.37. The van der Waals surface area contributed by atoms with E-state index in [0.29, 0.717) is 24.3 Å². The Morgan fingerprint density at radius 3 is 2.83 bits per heavy atom. The lowest BCUT2D eigenvalue weighted by molar-refractivity contribution is -0.128. The second-order valence-electron chi connectivity index (χ2n) is 6.01. The first kappa shape index (κ1) is 18.0. The number of ether oxygens (including phenoxy) is 1. The van der Waals surface area contributed by atoms with Gasteiger partial charge in [0.05, 0.1) is 18.6 Å². The molecule has 1 aromatic rings. The summed E-state index contributed by atoms with van der Waals surface area (Å²) in [5.74, 6) is -0.955. The van der Waals surface area contributed by atoms with Crippen LogP contribution in [0.5, 0.6) is 0 Å². The number of unbranched alkanes of at least 4 members (excludes halogenated alkanes) is 2. The molecule has 0 radical (unpaired) electrons. The van der Waals surface area contributed by atoms with Crippen LogP contribution >= 0.6 is 0 Å². The van der Waals surface area contributed by atoms with Crippen LogP contribution in [0.2, 0.25) is 0 Å². The van der Waals surface area contributed by atoms with Gasteiger partial charge >= 0.3 is 5.97 Å². The second-order valence-corrected chi connectivity index (χ2v) is 6.01. The highest BCUT2D eigenvalue weighted by atomic mass is 16.5. The molecule has 0 aliphatic carbocycles. The van der Waals surface area contributed by atoms with E-state index in [1.165, 1.54) is 7.11 Å². The Kier molecular flexibility index (Phi) is 6.35. The van der Waals surface area contributed by atoms with Gasteiger partial charge in [0, 0.05) is 25.2 Å². The average Bonchev–Trinajstić information content (AvgIpc) is 2.96. The Morgan fingerprint density at radius 1 is 1.33 bits per heavy atom. The molecule has 2 rings (SSSR count). The largest absolute Gasteiger partial charge is 0.465 e. The van der Waals surface area contributed by atoms with Crippen LogP contribution in [0, 0.1) is 5.92 Å². The Labute approximate surface area is 142 Å². The zero-order valence-electron chi connectivity index (χ0n) is 14.2. The number of carbonyl (C=O) groups excluding carboxylic acids is 3. The van der Waals surface area contributed by atoms with E-state index in [-0.39, 0.29) is 24.2 Å². The maximum absolute atomic E-state index is 12.4. The molecule has 1 fully saturated rings. The van der Waals surface area contributed by atoms with Crippen molar-refractivity contribution in [3.63, 3.8) is 0 Å². The van der Waals surface area contributed by atoms with Gasteiger partial charge in [-0.05, 0) is 24.6 Å². The maximum atomic E-state index is 12.4. The van der Waals surface area contributed by atoms with Gasteiger partial charge in [0.2, 0.25) is 11.8 Å². The molecule has 6 heteroatoms. The van der Waals surface area contributed by atoms with Gasteiger partial charge in [0.1, 0.15) is 0 Å². The molecule has 1 aromatic carbocycles. The van der Waals surface area contributed by atoms with Crippen molar-refractivity contribution in [2.75, 3.05) is 25.5 Å². The first-order valence-corrected chi connectivity index (χ1v) is 8.32. The third-order valence-corrected chi connectivity index (χ3v) is 4.17. The van der Waals surface area contributed by atoms with E-state index in [1.807, 2.05) is 0 Å². The Balaban J connectivity index is 1.93. The SMILES string of the molecule is CCCCCN1CC(C(=O)Nc2cccc(C(=O)OC)c2)CC1=O. The quantitative estimate of drug-likeness (QED) is 0.615. The van der Waals surface area contributed by atoms with Crippen molar-refractivity contribution in [1.29, 1.82) is 0 Å². The minimum Gasteiger partial charge on any atom is -0.465 e. The number of amides is 2. The van der Waals surface area contributed by atoms with E-state index in [4.69, 9.17) is 0 Å². The summed E-state index contributed by atoms with van der Waals surface area (Å²) >= 11 is 0. The van der Waals surface area contributed by atoms with Crippen LogP contribution in [-0.2, 0) is 14.3 Å². The van der Waals surface area contributed by atoms with Gasteiger partial charge < -0.3 is 15.0 Å². The molecule has 6 nitrogen and oxygen atoms in total. The molecular weight excluding hydrogens is 308 g/mol. The highest BCUT2D eigenvalue weighted by molar-refractivity contribution is 5.98. The van der Waals surface area contributed by atoms with Crippen molar-refractivity contribution < 1.29 is 19.1 Å². The molecule has 1 atom stereocenters. The average molecular weight is 332 g/mol. The fourth-order valence-corrected chi connectivity index (χ4v) is 2.80. The fraction of sp³-hybridized carbons (Fsp3) is 0.500. The summed E-state index contributed by atoms with van der Waals surface area (Å²) in [4.78, 5) is 37.7. The lowest BCUT2D eigenvalue weighted by atomic mass is 10.1. The number of nitrogens with one attached hydrogen (secondary N) is 1. The lowest BCUT2D eigenvalue weighted by Gasteiger charge is -2.16. The van der Waals surface area contributed by atoms with Gasteiger partial charge in [-0.3, -0.25) is 9.59 Å². The second kappa shape index (κ2) is 8.47.